The minimum absolute atomic E-state index is 0.0778. The van der Waals surface area contributed by atoms with Crippen molar-refractivity contribution in [2.45, 2.75) is 32.5 Å². The third-order valence-corrected chi connectivity index (χ3v) is 5.81. The molecule has 0 heterocycles. The highest BCUT2D eigenvalue weighted by Crippen LogP contribution is 2.23. The first kappa shape index (κ1) is 23.8. The van der Waals surface area contributed by atoms with E-state index in [0.717, 1.165) is 43.9 Å². The topological polar surface area (TPSA) is 67.8 Å². The Labute approximate surface area is 191 Å². The molecule has 170 valence electrons. The number of hydrogen-bond acceptors (Lipinski definition) is 5. The molecular weight excluding hydrogens is 398 g/mol. The molecule has 32 heavy (non-hydrogen) atoms. The summed E-state index contributed by atoms with van der Waals surface area (Å²) in [4.78, 5) is 2.42. The molecule has 3 aromatic rings. The van der Waals surface area contributed by atoms with Crippen LogP contribution in [0.25, 0.3) is 0 Å². The number of para-hydroxylation sites is 2. The molecule has 0 aliphatic carbocycles. The highest BCUT2D eigenvalue weighted by Gasteiger charge is 2.13. The van der Waals surface area contributed by atoms with Crippen molar-refractivity contribution in [3.05, 3.63) is 95.6 Å². The van der Waals surface area contributed by atoms with Gasteiger partial charge in [-0.25, -0.2) is 0 Å². The van der Waals surface area contributed by atoms with Gasteiger partial charge < -0.3 is 20.8 Å². The maximum Gasteiger partial charge on any atom is 0.120 e. The lowest BCUT2D eigenvalue weighted by Crippen LogP contribution is -2.37. The second-order valence-electron chi connectivity index (χ2n) is 8.23. The molecule has 0 fully saturated rings. The Bertz CT molecular complexity index is 891. The second kappa shape index (κ2) is 12.2. The van der Waals surface area contributed by atoms with Crippen LogP contribution in [0.5, 0.6) is 11.5 Å². The van der Waals surface area contributed by atoms with Gasteiger partial charge in [0.25, 0.3) is 0 Å². The first-order chi connectivity index (χ1) is 15.5. The molecule has 0 radical (unpaired) electrons. The quantitative estimate of drug-likeness (QED) is 0.336. The summed E-state index contributed by atoms with van der Waals surface area (Å²) in [5.41, 5.74) is 3.12. The lowest BCUT2D eigenvalue weighted by molar-refractivity contribution is 0.257. The van der Waals surface area contributed by atoms with Crippen molar-refractivity contribution in [2.24, 2.45) is 0 Å². The maximum atomic E-state index is 10.1. The third kappa shape index (κ3) is 7.09. The van der Waals surface area contributed by atoms with Crippen LogP contribution in [0.2, 0.25) is 0 Å². The van der Waals surface area contributed by atoms with Crippen LogP contribution in [-0.4, -0.2) is 41.3 Å². The van der Waals surface area contributed by atoms with Crippen LogP contribution in [0.4, 0.5) is 0 Å². The van der Waals surface area contributed by atoms with Crippen molar-refractivity contribution in [1.82, 2.24) is 15.5 Å². The van der Waals surface area contributed by atoms with Crippen LogP contribution in [0.15, 0.2) is 78.9 Å². The number of nitrogens with one attached hydrogen (secondary N) is 2. The molecule has 0 aliphatic heterocycles. The number of aromatic hydroxyl groups is 2. The summed E-state index contributed by atoms with van der Waals surface area (Å²) in [6.07, 6.45) is 0. The Balaban J connectivity index is 1.53. The fraction of sp³-hybridized carbons (Fsp3) is 0.333. The summed E-state index contributed by atoms with van der Waals surface area (Å²) in [5.74, 6) is 0.659. The normalized spacial score (nSPS) is 13.2. The summed E-state index contributed by atoms with van der Waals surface area (Å²) in [7, 11) is 0. The van der Waals surface area contributed by atoms with Crippen LogP contribution in [0.1, 0.15) is 42.6 Å². The minimum Gasteiger partial charge on any atom is -0.508 e. The molecule has 4 N–H and O–H groups in total. The fourth-order valence-corrected chi connectivity index (χ4v) is 3.92. The molecule has 0 aliphatic rings. The summed E-state index contributed by atoms with van der Waals surface area (Å²) in [6, 6.07) is 25.6. The number of nitrogens with zero attached hydrogens (tertiary/aromatic N) is 1. The van der Waals surface area contributed by atoms with E-state index in [9.17, 15) is 10.2 Å². The predicted octanol–water partition coefficient (Wildman–Crippen LogP) is 4.60. The second-order valence-corrected chi connectivity index (χ2v) is 8.23. The van der Waals surface area contributed by atoms with Gasteiger partial charge >= 0.3 is 0 Å². The molecule has 0 aromatic heterocycles. The fourth-order valence-electron chi connectivity index (χ4n) is 3.92. The number of benzene rings is 3. The van der Waals surface area contributed by atoms with Gasteiger partial charge in [0.05, 0.1) is 0 Å². The van der Waals surface area contributed by atoms with Gasteiger partial charge in [0.15, 0.2) is 0 Å². The van der Waals surface area contributed by atoms with Gasteiger partial charge in [-0.05, 0) is 31.5 Å². The zero-order valence-corrected chi connectivity index (χ0v) is 19.0. The van der Waals surface area contributed by atoms with E-state index in [1.165, 1.54) is 5.56 Å². The predicted molar refractivity (Wildman–Crippen MR) is 131 cm³/mol. The van der Waals surface area contributed by atoms with Gasteiger partial charge in [0.2, 0.25) is 0 Å². The van der Waals surface area contributed by atoms with E-state index < -0.39 is 0 Å². The Morgan fingerprint density at radius 1 is 0.656 bits per heavy atom. The van der Waals surface area contributed by atoms with Gasteiger partial charge in [-0.1, -0.05) is 66.7 Å². The number of hydrogen-bond donors (Lipinski definition) is 4. The van der Waals surface area contributed by atoms with Crippen molar-refractivity contribution < 1.29 is 10.2 Å². The lowest BCUT2D eigenvalue weighted by Gasteiger charge is -2.25. The van der Waals surface area contributed by atoms with E-state index in [1.54, 1.807) is 12.1 Å². The molecule has 2 atom stereocenters. The first-order valence-electron chi connectivity index (χ1n) is 11.3. The van der Waals surface area contributed by atoms with E-state index in [1.807, 2.05) is 42.5 Å². The zero-order valence-electron chi connectivity index (χ0n) is 19.0. The summed E-state index contributed by atoms with van der Waals surface area (Å²) in [5, 5.41) is 27.2. The lowest BCUT2D eigenvalue weighted by atomic mass is 10.1. The van der Waals surface area contributed by atoms with Crippen molar-refractivity contribution in [1.29, 1.82) is 0 Å². The Morgan fingerprint density at radius 3 is 1.56 bits per heavy atom. The van der Waals surface area contributed by atoms with E-state index in [2.05, 4.69) is 53.6 Å². The van der Waals surface area contributed by atoms with Gasteiger partial charge in [-0.15, -0.1) is 0 Å². The van der Waals surface area contributed by atoms with Gasteiger partial charge in [0, 0.05) is 55.9 Å². The van der Waals surface area contributed by atoms with Crippen molar-refractivity contribution >= 4 is 0 Å². The highest BCUT2D eigenvalue weighted by atomic mass is 16.3. The van der Waals surface area contributed by atoms with E-state index in [0.29, 0.717) is 11.5 Å². The van der Waals surface area contributed by atoms with Crippen LogP contribution in [0.3, 0.4) is 0 Å². The Hall–Kier alpha value is -2.86. The average Bonchev–Trinajstić information content (AvgIpc) is 2.80. The Kier molecular flexibility index (Phi) is 9.11. The standard InChI is InChI=1S/C27H35N3O2/c1-21(24-12-6-8-14-26(24)31)28-16-18-30(20-23-10-4-3-5-11-23)19-17-29-22(2)25-13-7-9-15-27(25)32/h3-15,21-22,28-29,31-32H,16-20H2,1-2H3. The molecule has 0 saturated carbocycles. The number of phenolic OH excluding ortho intramolecular Hbond substituents is 2. The number of rotatable bonds is 12. The molecule has 3 aromatic carbocycles. The SMILES string of the molecule is CC(NCCN(CCNC(C)c1ccccc1O)Cc1ccccc1)c1ccccc1O. The largest absolute Gasteiger partial charge is 0.508 e. The average molecular weight is 434 g/mol. The molecule has 2 unspecified atom stereocenters. The molecule has 5 nitrogen and oxygen atoms in total. The van der Waals surface area contributed by atoms with Crippen LogP contribution in [-0.2, 0) is 6.54 Å². The van der Waals surface area contributed by atoms with Crippen molar-refractivity contribution in [3.8, 4) is 11.5 Å². The monoisotopic (exact) mass is 433 g/mol. The Morgan fingerprint density at radius 2 is 1.09 bits per heavy atom. The highest BCUT2D eigenvalue weighted by molar-refractivity contribution is 5.34. The van der Waals surface area contributed by atoms with E-state index in [-0.39, 0.29) is 12.1 Å². The van der Waals surface area contributed by atoms with Gasteiger partial charge in [0.1, 0.15) is 11.5 Å². The molecule has 0 amide bonds. The first-order valence-corrected chi connectivity index (χ1v) is 11.3. The smallest absolute Gasteiger partial charge is 0.120 e. The summed E-state index contributed by atoms with van der Waals surface area (Å²) in [6.45, 7) is 8.44. The zero-order chi connectivity index (χ0) is 22.8. The summed E-state index contributed by atoms with van der Waals surface area (Å²) < 4.78 is 0. The van der Waals surface area contributed by atoms with Gasteiger partial charge in [-0.2, -0.15) is 0 Å². The summed E-state index contributed by atoms with van der Waals surface area (Å²) >= 11 is 0. The van der Waals surface area contributed by atoms with E-state index in [4.69, 9.17) is 0 Å². The molecule has 5 heteroatoms. The molecule has 0 spiro atoms. The van der Waals surface area contributed by atoms with E-state index >= 15 is 0 Å². The molecule has 0 saturated heterocycles. The van der Waals surface area contributed by atoms with Crippen molar-refractivity contribution in [3.63, 3.8) is 0 Å². The van der Waals surface area contributed by atoms with Crippen LogP contribution >= 0.6 is 0 Å². The van der Waals surface area contributed by atoms with Gasteiger partial charge in [-0.3, -0.25) is 4.90 Å². The minimum atomic E-state index is 0.0778. The molecular formula is C27H35N3O2. The molecule has 0 bridgehead atoms. The van der Waals surface area contributed by atoms with Crippen molar-refractivity contribution in [2.75, 3.05) is 26.2 Å². The van der Waals surface area contributed by atoms with Crippen LogP contribution in [0, 0.1) is 0 Å². The molecule has 3 rings (SSSR count). The third-order valence-electron chi connectivity index (χ3n) is 5.81. The maximum absolute atomic E-state index is 10.1. The van der Waals surface area contributed by atoms with Crippen LogP contribution < -0.4 is 10.6 Å². The number of phenols is 2.